The summed E-state index contributed by atoms with van der Waals surface area (Å²) in [4.78, 5) is 24.9. The van der Waals surface area contributed by atoms with Crippen molar-refractivity contribution in [1.82, 2.24) is 19.9 Å². The average Bonchev–Trinajstić information content (AvgIpc) is 2.70. The van der Waals surface area contributed by atoms with Crippen molar-refractivity contribution >= 4 is 16.7 Å². The molecule has 0 spiro atoms. The van der Waals surface area contributed by atoms with Crippen molar-refractivity contribution in [2.24, 2.45) is 0 Å². The molecule has 4 heterocycles. The molecule has 28 heavy (non-hydrogen) atoms. The smallest absolute Gasteiger partial charge is 0.363 e. The van der Waals surface area contributed by atoms with E-state index >= 15 is 0 Å². The van der Waals surface area contributed by atoms with E-state index in [0.717, 1.165) is 31.3 Å². The lowest BCUT2D eigenvalue weighted by Gasteiger charge is -2.28. The predicted molar refractivity (Wildman–Crippen MR) is 102 cm³/mol. The van der Waals surface area contributed by atoms with Gasteiger partial charge >= 0.3 is 5.82 Å². The molecule has 0 bridgehead atoms. The summed E-state index contributed by atoms with van der Waals surface area (Å²) < 4.78 is 11.9. The second-order valence-electron chi connectivity index (χ2n) is 6.68. The van der Waals surface area contributed by atoms with Crippen LogP contribution >= 0.6 is 0 Å². The van der Waals surface area contributed by atoms with Gasteiger partial charge in [-0.3, -0.25) is 4.98 Å². The third kappa shape index (κ3) is 3.99. The Labute approximate surface area is 161 Å². The summed E-state index contributed by atoms with van der Waals surface area (Å²) in [6.07, 6.45) is 6.65. The average molecular weight is 381 g/mol. The predicted octanol–water partition coefficient (Wildman–Crippen LogP) is 3.20. The Balaban J connectivity index is 1.57. The summed E-state index contributed by atoms with van der Waals surface area (Å²) in [6, 6.07) is 6.35. The van der Waals surface area contributed by atoms with Gasteiger partial charge in [-0.2, -0.15) is 0 Å². The van der Waals surface area contributed by atoms with Gasteiger partial charge in [-0.15, -0.1) is 0 Å². The van der Waals surface area contributed by atoms with E-state index in [2.05, 4.69) is 26.9 Å². The Hall–Kier alpha value is -3.33. The van der Waals surface area contributed by atoms with E-state index in [0.29, 0.717) is 22.9 Å². The van der Waals surface area contributed by atoms with Crippen molar-refractivity contribution in [3.8, 4) is 17.4 Å². The van der Waals surface area contributed by atoms with E-state index < -0.39 is 4.92 Å². The van der Waals surface area contributed by atoms with Gasteiger partial charge in [0.15, 0.2) is 11.9 Å². The maximum absolute atomic E-state index is 10.7. The molecule has 0 unspecified atom stereocenters. The molecule has 0 radical (unpaired) electrons. The van der Waals surface area contributed by atoms with E-state index in [1.165, 1.54) is 18.3 Å². The van der Waals surface area contributed by atoms with Gasteiger partial charge in [-0.25, -0.2) is 4.98 Å². The lowest BCUT2D eigenvalue weighted by atomic mass is 10.1. The van der Waals surface area contributed by atoms with Gasteiger partial charge in [0.25, 0.3) is 0 Å². The molecule has 0 amide bonds. The molecule has 0 atom stereocenters. The highest BCUT2D eigenvalue weighted by molar-refractivity contribution is 5.85. The second kappa shape index (κ2) is 7.73. The maximum Gasteiger partial charge on any atom is 0.363 e. The zero-order valence-electron chi connectivity index (χ0n) is 15.3. The topological polar surface area (TPSA) is 104 Å². The Kier molecular flexibility index (Phi) is 4.98. The largest absolute Gasteiger partial charge is 0.474 e. The van der Waals surface area contributed by atoms with Gasteiger partial charge in [0, 0.05) is 36.8 Å². The van der Waals surface area contributed by atoms with Gasteiger partial charge in [-0.1, -0.05) is 0 Å². The number of nitrogens with zero attached hydrogens (tertiary/aromatic N) is 5. The third-order valence-corrected chi connectivity index (χ3v) is 4.65. The van der Waals surface area contributed by atoms with Crippen LogP contribution < -0.4 is 9.47 Å². The van der Waals surface area contributed by atoms with Crippen LogP contribution in [0.4, 0.5) is 5.82 Å². The first-order valence-corrected chi connectivity index (χ1v) is 8.97. The number of rotatable bonds is 5. The van der Waals surface area contributed by atoms with Crippen LogP contribution in [0.5, 0.6) is 17.4 Å². The molecule has 0 aromatic carbocycles. The molecule has 1 saturated heterocycles. The molecular weight excluding hydrogens is 362 g/mol. The molecule has 0 N–H and O–H groups in total. The number of aromatic nitrogens is 3. The van der Waals surface area contributed by atoms with Gasteiger partial charge in [-0.05, 0) is 41.9 Å². The van der Waals surface area contributed by atoms with E-state index in [4.69, 9.17) is 9.47 Å². The first-order valence-electron chi connectivity index (χ1n) is 8.97. The van der Waals surface area contributed by atoms with Crippen LogP contribution in [-0.4, -0.2) is 51.0 Å². The van der Waals surface area contributed by atoms with E-state index in [-0.39, 0.29) is 11.9 Å². The van der Waals surface area contributed by atoms with Crippen LogP contribution in [0.25, 0.3) is 10.9 Å². The van der Waals surface area contributed by atoms with Crippen molar-refractivity contribution in [3.63, 3.8) is 0 Å². The standard InChI is InChI=1S/C19H19N5O4/c1-23-8-5-13(6-9-23)28-19-10-15-16(12-22-19)20-7-4-17(15)27-14-2-3-18(21-11-14)24(25)26/h2-4,7,10-13H,5-6,8-9H2,1H3. The first-order chi connectivity index (χ1) is 13.6. The molecular formula is C19H19N5O4. The number of piperidine rings is 1. The van der Waals surface area contributed by atoms with Gasteiger partial charge in [0.05, 0.1) is 11.7 Å². The molecule has 0 aliphatic carbocycles. The number of hydrogen-bond acceptors (Lipinski definition) is 8. The van der Waals surface area contributed by atoms with Gasteiger partial charge in [0.2, 0.25) is 5.88 Å². The summed E-state index contributed by atoms with van der Waals surface area (Å²) >= 11 is 0. The number of nitro groups is 1. The summed E-state index contributed by atoms with van der Waals surface area (Å²) in [5.74, 6) is 1.25. The van der Waals surface area contributed by atoms with Crippen molar-refractivity contribution in [3.05, 3.63) is 53.0 Å². The normalized spacial score (nSPS) is 15.5. The van der Waals surface area contributed by atoms with Gasteiger partial charge in [0.1, 0.15) is 11.9 Å². The Bertz CT molecular complexity index is 987. The van der Waals surface area contributed by atoms with Crippen molar-refractivity contribution < 1.29 is 14.4 Å². The van der Waals surface area contributed by atoms with Crippen molar-refractivity contribution in [1.29, 1.82) is 0 Å². The van der Waals surface area contributed by atoms with E-state index in [1.807, 2.05) is 6.07 Å². The highest BCUT2D eigenvalue weighted by atomic mass is 16.6. The second-order valence-corrected chi connectivity index (χ2v) is 6.68. The Morgan fingerprint density at radius 2 is 1.96 bits per heavy atom. The molecule has 9 heteroatoms. The van der Waals surface area contributed by atoms with E-state index in [9.17, 15) is 10.1 Å². The number of pyridine rings is 3. The Morgan fingerprint density at radius 3 is 2.68 bits per heavy atom. The lowest BCUT2D eigenvalue weighted by molar-refractivity contribution is -0.389. The molecule has 1 fully saturated rings. The van der Waals surface area contributed by atoms with Gasteiger partial charge < -0.3 is 24.5 Å². The minimum absolute atomic E-state index is 0.140. The molecule has 0 saturated carbocycles. The minimum Gasteiger partial charge on any atom is -0.474 e. The van der Waals surface area contributed by atoms with Crippen molar-refractivity contribution in [2.45, 2.75) is 18.9 Å². The molecule has 144 valence electrons. The van der Waals surface area contributed by atoms with Crippen LogP contribution in [0.1, 0.15) is 12.8 Å². The zero-order chi connectivity index (χ0) is 19.5. The fraction of sp³-hybridized carbons (Fsp3) is 0.316. The zero-order valence-corrected chi connectivity index (χ0v) is 15.3. The number of likely N-dealkylation sites (tertiary alicyclic amines) is 1. The fourth-order valence-corrected chi connectivity index (χ4v) is 3.10. The summed E-state index contributed by atoms with van der Waals surface area (Å²) in [5.41, 5.74) is 0.670. The highest BCUT2D eigenvalue weighted by Crippen LogP contribution is 2.31. The minimum atomic E-state index is -0.552. The summed E-state index contributed by atoms with van der Waals surface area (Å²) in [7, 11) is 2.10. The summed E-state index contributed by atoms with van der Waals surface area (Å²) in [5, 5.41) is 11.5. The van der Waals surface area contributed by atoms with Crippen molar-refractivity contribution in [2.75, 3.05) is 20.1 Å². The van der Waals surface area contributed by atoms with Crippen LogP contribution in [0.2, 0.25) is 0 Å². The van der Waals surface area contributed by atoms with E-state index in [1.54, 1.807) is 18.5 Å². The SMILES string of the molecule is CN1CCC(Oc2cc3c(Oc4ccc([N+](=O)[O-])nc4)ccnc3cn2)CC1. The first kappa shape index (κ1) is 18.1. The monoisotopic (exact) mass is 381 g/mol. The molecule has 3 aromatic rings. The van der Waals surface area contributed by atoms with Crippen LogP contribution in [0, 0.1) is 10.1 Å². The van der Waals surface area contributed by atoms with Crippen LogP contribution in [0.15, 0.2) is 42.9 Å². The molecule has 3 aromatic heterocycles. The third-order valence-electron chi connectivity index (χ3n) is 4.65. The Morgan fingerprint density at radius 1 is 1.14 bits per heavy atom. The fourth-order valence-electron chi connectivity index (χ4n) is 3.10. The number of ether oxygens (including phenoxy) is 2. The number of fused-ring (bicyclic) bond motifs is 1. The van der Waals surface area contributed by atoms with Crippen LogP contribution in [-0.2, 0) is 0 Å². The lowest BCUT2D eigenvalue weighted by Crippen LogP contribution is -2.35. The molecule has 4 rings (SSSR count). The highest BCUT2D eigenvalue weighted by Gasteiger charge is 2.19. The van der Waals surface area contributed by atoms with Crippen LogP contribution in [0.3, 0.4) is 0 Å². The quantitative estimate of drug-likeness (QED) is 0.490. The summed E-state index contributed by atoms with van der Waals surface area (Å²) in [6.45, 7) is 2.00. The molecule has 1 aliphatic rings. The number of hydrogen-bond donors (Lipinski definition) is 0. The molecule has 9 nitrogen and oxygen atoms in total. The molecule has 1 aliphatic heterocycles. The maximum atomic E-state index is 10.7.